The van der Waals surface area contributed by atoms with Crippen LogP contribution in [0.2, 0.25) is 0 Å². The van der Waals surface area contributed by atoms with Gasteiger partial charge in [-0.2, -0.15) is 0 Å². The Bertz CT molecular complexity index is 2070. The molecule has 107 heavy (non-hydrogen) atoms. The van der Waals surface area contributed by atoms with Crippen molar-refractivity contribution in [1.29, 1.82) is 0 Å². The first kappa shape index (κ1) is 105. The molecule has 0 bridgehead atoms. The Morgan fingerprint density at radius 3 is 0.664 bits per heavy atom. The van der Waals surface area contributed by atoms with E-state index in [2.05, 4.69) is 48.5 Å². The summed E-state index contributed by atoms with van der Waals surface area (Å²) in [6.45, 7) is 12.2. The van der Waals surface area contributed by atoms with Crippen LogP contribution in [-0.4, -0.2) is 96.7 Å². The van der Waals surface area contributed by atoms with Crippen molar-refractivity contribution in [2.24, 2.45) is 17.8 Å². The first-order valence-corrected chi connectivity index (χ1v) is 48.5. The van der Waals surface area contributed by atoms with Gasteiger partial charge in [-0.3, -0.25) is 37.3 Å². The summed E-state index contributed by atoms with van der Waals surface area (Å²) in [6, 6.07) is 0. The molecule has 636 valence electrons. The molecule has 0 aliphatic rings. The Morgan fingerprint density at radius 1 is 0.262 bits per heavy atom. The quantitative estimate of drug-likeness (QED) is 0.0222. The van der Waals surface area contributed by atoms with Gasteiger partial charge in [-0.05, 0) is 43.4 Å². The van der Waals surface area contributed by atoms with E-state index in [1.165, 1.54) is 276 Å². The van der Waals surface area contributed by atoms with Gasteiger partial charge < -0.3 is 33.8 Å². The summed E-state index contributed by atoms with van der Waals surface area (Å²) < 4.78 is 69.0. The van der Waals surface area contributed by atoms with Gasteiger partial charge in [0.15, 0.2) is 12.2 Å². The fraction of sp³-hybridized carbons (Fsp3) is 0.955. The van der Waals surface area contributed by atoms with Crippen molar-refractivity contribution in [2.75, 3.05) is 39.6 Å². The molecule has 0 aliphatic carbocycles. The lowest BCUT2D eigenvalue weighted by Gasteiger charge is -2.21. The zero-order valence-electron chi connectivity index (χ0n) is 70.6. The highest BCUT2D eigenvalue weighted by molar-refractivity contribution is 7.47. The van der Waals surface area contributed by atoms with Crippen LogP contribution in [0.15, 0.2) is 0 Å². The number of rotatable bonds is 86. The average molecular weight is 1560 g/mol. The smallest absolute Gasteiger partial charge is 0.462 e. The molecule has 0 amide bonds. The molecular formula is C88H172O17P2. The third-order valence-electron chi connectivity index (χ3n) is 21.7. The zero-order chi connectivity index (χ0) is 78.6. The van der Waals surface area contributed by atoms with Crippen molar-refractivity contribution in [1.82, 2.24) is 0 Å². The number of hydrogen-bond acceptors (Lipinski definition) is 15. The number of unbranched alkanes of at least 4 members (excludes halogenated alkanes) is 51. The normalized spacial score (nSPS) is 14.6. The topological polar surface area (TPSA) is 237 Å². The second-order valence-corrected chi connectivity index (χ2v) is 35.3. The lowest BCUT2D eigenvalue weighted by molar-refractivity contribution is -0.161. The summed E-state index contributed by atoms with van der Waals surface area (Å²) in [5, 5.41) is 10.7. The van der Waals surface area contributed by atoms with Gasteiger partial charge in [0, 0.05) is 25.7 Å². The van der Waals surface area contributed by atoms with Gasteiger partial charge >= 0.3 is 39.5 Å². The van der Waals surface area contributed by atoms with Crippen molar-refractivity contribution in [3.63, 3.8) is 0 Å². The molecule has 0 aromatic carbocycles. The molecule has 0 saturated heterocycles. The first-order chi connectivity index (χ1) is 51.8. The summed E-state index contributed by atoms with van der Waals surface area (Å²) in [5.41, 5.74) is 0. The summed E-state index contributed by atoms with van der Waals surface area (Å²) >= 11 is 0. The average Bonchev–Trinajstić information content (AvgIpc) is 0.901. The Hall–Kier alpha value is -1.94. The fourth-order valence-corrected chi connectivity index (χ4v) is 15.2. The highest BCUT2D eigenvalue weighted by Gasteiger charge is 2.31. The molecular weight excluding hydrogens is 1390 g/mol. The Morgan fingerprint density at radius 2 is 0.449 bits per heavy atom. The van der Waals surface area contributed by atoms with Crippen LogP contribution in [-0.2, 0) is 65.4 Å². The van der Waals surface area contributed by atoms with Crippen molar-refractivity contribution < 1.29 is 80.2 Å². The van der Waals surface area contributed by atoms with Gasteiger partial charge in [0.1, 0.15) is 19.3 Å². The van der Waals surface area contributed by atoms with E-state index in [-0.39, 0.29) is 25.7 Å². The SMILES string of the molecule is CCCCCCCCCCCCCCCC(=O)OC[C@H](COP(=O)(O)OC[C@H](O)COP(=O)(O)OC[C@@H](COC(=O)CCCCCCCCCCCCCCCCC(C)CC)OC(=O)CCCCCCCCCCCCCCCCC(C)CC)OC(=O)CCCCCCCCCCCCCCCCC(C)CC. The molecule has 5 unspecified atom stereocenters. The Balaban J connectivity index is 5.28. The molecule has 0 fully saturated rings. The number of hydrogen-bond donors (Lipinski definition) is 3. The molecule has 19 heteroatoms. The van der Waals surface area contributed by atoms with E-state index < -0.39 is 97.5 Å². The maximum Gasteiger partial charge on any atom is 0.472 e. The third kappa shape index (κ3) is 77.8. The lowest BCUT2D eigenvalue weighted by Crippen LogP contribution is -2.30. The summed E-state index contributed by atoms with van der Waals surface area (Å²) in [7, 11) is -9.93. The molecule has 3 N–H and O–H groups in total. The number of carbonyl (C=O) groups is 4. The van der Waals surface area contributed by atoms with Crippen molar-refractivity contribution in [2.45, 2.75) is 484 Å². The van der Waals surface area contributed by atoms with Crippen molar-refractivity contribution >= 4 is 39.5 Å². The van der Waals surface area contributed by atoms with Crippen LogP contribution in [0.1, 0.15) is 466 Å². The standard InChI is InChI=1S/C88H172O17P2/c1-8-12-13-14-15-16-17-24-34-41-48-55-62-69-85(90)98-75-83(104-87(92)71-64-57-50-43-36-29-22-19-26-32-39-46-53-60-67-80(6)10-3)77-102-106(94,95)100-73-82(89)74-101-107(96,97)103-78-84(105-88(93)72-65-58-51-44-37-30-23-20-27-33-40-47-54-61-68-81(7)11-4)76-99-86(91)70-63-56-49-42-35-28-21-18-25-31-38-45-52-59-66-79(5)9-2/h79-84,89H,8-78H2,1-7H3,(H,94,95)(H,96,97)/t79?,80?,81?,82-,83+,84+/m0/s1. The second kappa shape index (κ2) is 78.0. The van der Waals surface area contributed by atoms with E-state index >= 15 is 0 Å². The number of aliphatic hydroxyl groups excluding tert-OH is 1. The maximum absolute atomic E-state index is 13.2. The van der Waals surface area contributed by atoms with Gasteiger partial charge in [0.2, 0.25) is 0 Å². The minimum absolute atomic E-state index is 0.108. The molecule has 0 aliphatic heterocycles. The van der Waals surface area contributed by atoms with Crippen LogP contribution >= 0.6 is 15.6 Å². The van der Waals surface area contributed by atoms with Crippen LogP contribution in [0, 0.1) is 17.8 Å². The number of carbonyl (C=O) groups excluding carboxylic acids is 4. The molecule has 8 atom stereocenters. The van der Waals surface area contributed by atoms with Crippen LogP contribution in [0.25, 0.3) is 0 Å². The summed E-state index contributed by atoms with van der Waals surface area (Å²) in [4.78, 5) is 73.4. The van der Waals surface area contributed by atoms with E-state index in [4.69, 9.17) is 37.0 Å². The van der Waals surface area contributed by atoms with E-state index in [0.717, 1.165) is 108 Å². The molecule has 0 heterocycles. The summed E-state index contributed by atoms with van der Waals surface area (Å²) in [6.07, 6.45) is 69.0. The second-order valence-electron chi connectivity index (χ2n) is 32.4. The van der Waals surface area contributed by atoms with Crippen LogP contribution in [0.5, 0.6) is 0 Å². The number of phosphoric acid groups is 2. The van der Waals surface area contributed by atoms with Crippen molar-refractivity contribution in [3.05, 3.63) is 0 Å². The number of aliphatic hydroxyl groups is 1. The zero-order valence-corrected chi connectivity index (χ0v) is 72.4. The summed E-state index contributed by atoms with van der Waals surface area (Å²) in [5.74, 6) is 0.443. The largest absolute Gasteiger partial charge is 0.472 e. The monoisotopic (exact) mass is 1560 g/mol. The number of ether oxygens (including phenoxy) is 4. The molecule has 0 aromatic heterocycles. The van der Waals surface area contributed by atoms with Gasteiger partial charge in [0.25, 0.3) is 0 Å². The maximum atomic E-state index is 13.2. The molecule has 17 nitrogen and oxygen atoms in total. The van der Waals surface area contributed by atoms with E-state index in [1.807, 2.05) is 0 Å². The predicted octanol–water partition coefficient (Wildman–Crippen LogP) is 26.9. The van der Waals surface area contributed by atoms with E-state index in [0.29, 0.717) is 25.7 Å². The molecule has 0 radical (unpaired) electrons. The van der Waals surface area contributed by atoms with Crippen molar-refractivity contribution in [3.8, 4) is 0 Å². The number of esters is 4. The lowest BCUT2D eigenvalue weighted by atomic mass is 9.99. The number of phosphoric ester groups is 2. The highest BCUT2D eigenvalue weighted by Crippen LogP contribution is 2.45. The van der Waals surface area contributed by atoms with Gasteiger partial charge in [-0.15, -0.1) is 0 Å². The predicted molar refractivity (Wildman–Crippen MR) is 441 cm³/mol. The Kier molecular flexibility index (Phi) is 76.6. The minimum Gasteiger partial charge on any atom is -0.462 e. The molecule has 0 aromatic rings. The minimum atomic E-state index is -4.97. The third-order valence-corrected chi connectivity index (χ3v) is 23.6. The van der Waals surface area contributed by atoms with Gasteiger partial charge in [-0.25, -0.2) is 9.13 Å². The molecule has 0 saturated carbocycles. The highest BCUT2D eigenvalue weighted by atomic mass is 31.2. The fourth-order valence-electron chi connectivity index (χ4n) is 13.6. The van der Waals surface area contributed by atoms with Crippen LogP contribution in [0.3, 0.4) is 0 Å². The first-order valence-electron chi connectivity index (χ1n) is 45.5. The van der Waals surface area contributed by atoms with E-state index in [9.17, 15) is 43.2 Å². The van der Waals surface area contributed by atoms with Crippen LogP contribution < -0.4 is 0 Å². The molecule has 0 spiro atoms. The van der Waals surface area contributed by atoms with Gasteiger partial charge in [-0.1, -0.05) is 414 Å². The van der Waals surface area contributed by atoms with Crippen LogP contribution in [0.4, 0.5) is 0 Å². The van der Waals surface area contributed by atoms with Gasteiger partial charge in [0.05, 0.1) is 26.4 Å². The molecule has 0 rings (SSSR count). The van der Waals surface area contributed by atoms with E-state index in [1.54, 1.807) is 0 Å². The Labute approximate surface area is 658 Å².